The molecule has 1 aliphatic rings. The second kappa shape index (κ2) is 6.54. The van der Waals surface area contributed by atoms with E-state index in [1.807, 2.05) is 13.8 Å². The van der Waals surface area contributed by atoms with E-state index in [4.69, 9.17) is 10.5 Å². The van der Waals surface area contributed by atoms with Gasteiger partial charge in [-0.05, 0) is 57.1 Å². The SMILES string of the molecule is CCc1ccn([C@@H]2CCCC[C@H]2CC(C)(C)OC(N)=O)c1. The minimum atomic E-state index is -0.679. The molecular formula is C17H28N2O2. The molecule has 0 bridgehead atoms. The zero-order valence-corrected chi connectivity index (χ0v) is 13.5. The van der Waals surface area contributed by atoms with Gasteiger partial charge >= 0.3 is 6.09 Å². The van der Waals surface area contributed by atoms with Gasteiger partial charge in [0.25, 0.3) is 0 Å². The molecule has 0 unspecified atom stereocenters. The minimum absolute atomic E-state index is 0.493. The van der Waals surface area contributed by atoms with Gasteiger partial charge in [0.15, 0.2) is 0 Å². The molecular weight excluding hydrogens is 264 g/mol. The molecule has 0 aromatic carbocycles. The summed E-state index contributed by atoms with van der Waals surface area (Å²) in [6, 6.07) is 2.71. The third-order valence-corrected chi connectivity index (χ3v) is 4.57. The van der Waals surface area contributed by atoms with Crippen LogP contribution < -0.4 is 5.73 Å². The number of rotatable bonds is 5. The lowest BCUT2D eigenvalue weighted by molar-refractivity contribution is 0.0136. The Bertz CT molecular complexity index is 479. The molecule has 1 aromatic rings. The number of ether oxygens (including phenoxy) is 1. The Morgan fingerprint density at radius 3 is 2.76 bits per heavy atom. The predicted octanol–water partition coefficient (Wildman–Crippen LogP) is 4.05. The molecule has 1 aliphatic carbocycles. The van der Waals surface area contributed by atoms with Crippen LogP contribution in [-0.4, -0.2) is 16.3 Å². The van der Waals surface area contributed by atoms with Crippen molar-refractivity contribution in [2.75, 3.05) is 0 Å². The van der Waals surface area contributed by atoms with Crippen molar-refractivity contribution in [3.05, 3.63) is 24.0 Å². The number of hydrogen-bond acceptors (Lipinski definition) is 2. The van der Waals surface area contributed by atoms with Crippen LogP contribution in [0.5, 0.6) is 0 Å². The van der Waals surface area contributed by atoms with Crippen molar-refractivity contribution >= 4 is 6.09 Å². The quantitative estimate of drug-likeness (QED) is 0.890. The summed E-state index contributed by atoms with van der Waals surface area (Å²) in [6.07, 6.45) is 10.6. The lowest BCUT2D eigenvalue weighted by atomic mass is 9.78. The summed E-state index contributed by atoms with van der Waals surface area (Å²) in [7, 11) is 0. The van der Waals surface area contributed by atoms with E-state index in [1.165, 1.54) is 31.2 Å². The van der Waals surface area contributed by atoms with Crippen LogP contribution in [0, 0.1) is 5.92 Å². The van der Waals surface area contributed by atoms with E-state index in [0.717, 1.165) is 12.8 Å². The standard InChI is InChI=1S/C17H28N2O2/c1-4-13-9-10-19(12-13)15-8-6-5-7-14(15)11-17(2,3)21-16(18)20/h9-10,12,14-15H,4-8,11H2,1-3H3,(H2,18,20)/t14-,15+/m0/s1. The molecule has 1 heterocycles. The van der Waals surface area contributed by atoms with Crippen LogP contribution in [0.2, 0.25) is 0 Å². The number of aromatic nitrogens is 1. The van der Waals surface area contributed by atoms with E-state index in [0.29, 0.717) is 12.0 Å². The zero-order valence-electron chi connectivity index (χ0n) is 13.5. The van der Waals surface area contributed by atoms with Crippen molar-refractivity contribution in [2.24, 2.45) is 11.7 Å². The number of primary amides is 1. The van der Waals surface area contributed by atoms with Gasteiger partial charge < -0.3 is 15.0 Å². The fourth-order valence-electron chi connectivity index (χ4n) is 3.64. The molecule has 0 spiro atoms. The van der Waals surface area contributed by atoms with Gasteiger partial charge in [0.2, 0.25) is 0 Å². The summed E-state index contributed by atoms with van der Waals surface area (Å²) >= 11 is 0. The molecule has 118 valence electrons. The molecule has 1 amide bonds. The van der Waals surface area contributed by atoms with Crippen LogP contribution in [0.15, 0.2) is 18.5 Å². The average molecular weight is 292 g/mol. The highest BCUT2D eigenvalue weighted by Gasteiger charge is 2.33. The van der Waals surface area contributed by atoms with E-state index in [1.54, 1.807) is 0 Å². The minimum Gasteiger partial charge on any atom is -0.444 e. The maximum atomic E-state index is 11.0. The van der Waals surface area contributed by atoms with E-state index in [9.17, 15) is 4.79 Å². The van der Waals surface area contributed by atoms with Crippen LogP contribution >= 0.6 is 0 Å². The topological polar surface area (TPSA) is 57.2 Å². The molecule has 0 saturated heterocycles. The van der Waals surface area contributed by atoms with Crippen molar-refractivity contribution in [3.8, 4) is 0 Å². The number of nitrogens with zero attached hydrogens (tertiary/aromatic N) is 1. The normalized spacial score (nSPS) is 23.0. The summed E-state index contributed by atoms with van der Waals surface area (Å²) in [5.41, 5.74) is 6.07. The van der Waals surface area contributed by atoms with Gasteiger partial charge in [-0.2, -0.15) is 0 Å². The summed E-state index contributed by atoms with van der Waals surface area (Å²) in [6.45, 7) is 6.09. The van der Waals surface area contributed by atoms with Crippen molar-refractivity contribution in [1.29, 1.82) is 0 Å². The van der Waals surface area contributed by atoms with Crippen molar-refractivity contribution in [2.45, 2.75) is 70.9 Å². The summed E-state index contributed by atoms with van der Waals surface area (Å²) in [5.74, 6) is 0.533. The Balaban J connectivity index is 2.10. The first kappa shape index (κ1) is 15.9. The largest absolute Gasteiger partial charge is 0.444 e. The van der Waals surface area contributed by atoms with Crippen LogP contribution in [0.25, 0.3) is 0 Å². The Morgan fingerprint density at radius 2 is 2.14 bits per heavy atom. The molecule has 4 nitrogen and oxygen atoms in total. The third kappa shape index (κ3) is 4.26. The first-order chi connectivity index (χ1) is 9.91. The second-order valence-corrected chi connectivity index (χ2v) is 6.82. The first-order valence-electron chi connectivity index (χ1n) is 8.06. The van der Waals surface area contributed by atoms with Gasteiger partial charge in [-0.25, -0.2) is 4.79 Å². The van der Waals surface area contributed by atoms with Gasteiger partial charge in [-0.1, -0.05) is 19.8 Å². The summed E-state index contributed by atoms with van der Waals surface area (Å²) < 4.78 is 7.64. The Morgan fingerprint density at radius 1 is 1.43 bits per heavy atom. The molecule has 1 fully saturated rings. The summed E-state index contributed by atoms with van der Waals surface area (Å²) in [5, 5.41) is 0. The lowest BCUT2D eigenvalue weighted by Gasteiger charge is -2.37. The van der Waals surface area contributed by atoms with Crippen molar-refractivity contribution in [3.63, 3.8) is 0 Å². The van der Waals surface area contributed by atoms with Crippen molar-refractivity contribution < 1.29 is 9.53 Å². The Hall–Kier alpha value is -1.45. The number of carbonyl (C=O) groups is 1. The highest BCUT2D eigenvalue weighted by Crippen LogP contribution is 2.39. The van der Waals surface area contributed by atoms with E-state index < -0.39 is 11.7 Å². The number of amides is 1. The number of nitrogens with two attached hydrogens (primary N) is 1. The van der Waals surface area contributed by atoms with Gasteiger partial charge in [-0.15, -0.1) is 0 Å². The maximum Gasteiger partial charge on any atom is 0.405 e. The van der Waals surface area contributed by atoms with E-state index in [2.05, 4.69) is 30.0 Å². The fraction of sp³-hybridized carbons (Fsp3) is 0.706. The Kier molecular flexibility index (Phi) is 4.96. The highest BCUT2D eigenvalue weighted by molar-refractivity contribution is 5.65. The lowest BCUT2D eigenvalue weighted by Crippen LogP contribution is -2.36. The number of aryl methyl sites for hydroxylation is 1. The molecule has 21 heavy (non-hydrogen) atoms. The molecule has 4 heteroatoms. The van der Waals surface area contributed by atoms with E-state index >= 15 is 0 Å². The summed E-state index contributed by atoms with van der Waals surface area (Å²) in [4.78, 5) is 11.0. The smallest absolute Gasteiger partial charge is 0.405 e. The maximum absolute atomic E-state index is 11.0. The van der Waals surface area contributed by atoms with Gasteiger partial charge in [0.05, 0.1) is 0 Å². The number of carbonyl (C=O) groups excluding carboxylic acids is 1. The highest BCUT2D eigenvalue weighted by atomic mass is 16.6. The molecule has 0 radical (unpaired) electrons. The zero-order chi connectivity index (χ0) is 15.5. The molecule has 2 N–H and O–H groups in total. The van der Waals surface area contributed by atoms with Crippen LogP contribution in [-0.2, 0) is 11.2 Å². The predicted molar refractivity (Wildman–Crippen MR) is 84.2 cm³/mol. The van der Waals surface area contributed by atoms with Crippen LogP contribution in [0.4, 0.5) is 4.79 Å². The molecule has 1 saturated carbocycles. The van der Waals surface area contributed by atoms with E-state index in [-0.39, 0.29) is 0 Å². The number of hydrogen-bond donors (Lipinski definition) is 1. The molecule has 0 aliphatic heterocycles. The molecule has 1 aromatic heterocycles. The van der Waals surface area contributed by atoms with Gasteiger partial charge in [0, 0.05) is 18.4 Å². The van der Waals surface area contributed by atoms with Gasteiger partial charge in [-0.3, -0.25) is 0 Å². The van der Waals surface area contributed by atoms with Crippen LogP contribution in [0.3, 0.4) is 0 Å². The van der Waals surface area contributed by atoms with Crippen molar-refractivity contribution in [1.82, 2.24) is 4.57 Å². The fourth-order valence-corrected chi connectivity index (χ4v) is 3.64. The average Bonchev–Trinajstić information content (AvgIpc) is 2.85. The first-order valence-corrected chi connectivity index (χ1v) is 8.06. The monoisotopic (exact) mass is 292 g/mol. The van der Waals surface area contributed by atoms with Crippen LogP contribution in [0.1, 0.15) is 64.5 Å². The van der Waals surface area contributed by atoms with Gasteiger partial charge in [0.1, 0.15) is 5.60 Å². The second-order valence-electron chi connectivity index (χ2n) is 6.82. The molecule has 2 atom stereocenters. The third-order valence-electron chi connectivity index (χ3n) is 4.57. The Labute approximate surface area is 127 Å². The molecule has 2 rings (SSSR count).